The van der Waals surface area contributed by atoms with Gasteiger partial charge in [-0.1, -0.05) is 30.3 Å². The minimum absolute atomic E-state index is 0.107. The van der Waals surface area contributed by atoms with Crippen LogP contribution in [0.4, 0.5) is 0 Å². The van der Waals surface area contributed by atoms with Crippen LogP contribution in [-0.2, 0) is 0 Å². The first-order chi connectivity index (χ1) is 10.8. The van der Waals surface area contributed by atoms with Gasteiger partial charge in [0.2, 0.25) is 0 Å². The summed E-state index contributed by atoms with van der Waals surface area (Å²) in [7, 11) is 0. The first-order valence-electron chi connectivity index (χ1n) is 7.35. The van der Waals surface area contributed by atoms with Gasteiger partial charge in [0.1, 0.15) is 5.82 Å². The molecule has 0 aliphatic carbocycles. The number of benzene rings is 2. The van der Waals surface area contributed by atoms with Crippen LogP contribution < -0.4 is 0 Å². The van der Waals surface area contributed by atoms with Crippen molar-refractivity contribution >= 4 is 11.0 Å². The molecule has 4 rings (SSSR count). The van der Waals surface area contributed by atoms with Crippen molar-refractivity contribution in [1.29, 1.82) is 0 Å². The summed E-state index contributed by atoms with van der Waals surface area (Å²) in [6.45, 7) is 2.14. The second-order valence-electron chi connectivity index (χ2n) is 5.32. The van der Waals surface area contributed by atoms with Crippen molar-refractivity contribution in [2.24, 2.45) is 0 Å². The zero-order valence-corrected chi connectivity index (χ0v) is 12.3. The molecule has 2 aromatic heterocycles. The summed E-state index contributed by atoms with van der Waals surface area (Å²) in [5.74, 6) is 1.01. The average molecular weight is 288 g/mol. The van der Waals surface area contributed by atoms with Gasteiger partial charge < -0.3 is 4.57 Å². The summed E-state index contributed by atoms with van der Waals surface area (Å²) >= 11 is 0. The summed E-state index contributed by atoms with van der Waals surface area (Å²) in [6.07, 6.45) is 5.60. The molecule has 0 amide bonds. The fourth-order valence-corrected chi connectivity index (χ4v) is 2.81. The van der Waals surface area contributed by atoms with Gasteiger partial charge in [0, 0.05) is 18.1 Å². The van der Waals surface area contributed by atoms with E-state index in [4.69, 9.17) is 4.98 Å². The Hall–Kier alpha value is -2.88. The SMILES string of the molecule is CC(c1nc2ccccc2n1-c1ccccc1)n1ccnc1. The number of nitrogens with zero attached hydrogens (tertiary/aromatic N) is 4. The molecule has 22 heavy (non-hydrogen) atoms. The molecule has 0 aliphatic heterocycles. The van der Waals surface area contributed by atoms with E-state index in [0.717, 1.165) is 22.5 Å². The lowest BCUT2D eigenvalue weighted by Crippen LogP contribution is -2.11. The molecule has 2 aromatic carbocycles. The highest BCUT2D eigenvalue weighted by molar-refractivity contribution is 5.78. The number of para-hydroxylation sites is 3. The Morgan fingerprint density at radius 2 is 1.73 bits per heavy atom. The van der Waals surface area contributed by atoms with Gasteiger partial charge in [-0.3, -0.25) is 4.57 Å². The molecule has 4 nitrogen and oxygen atoms in total. The van der Waals surface area contributed by atoms with Crippen molar-refractivity contribution in [3.63, 3.8) is 0 Å². The summed E-state index contributed by atoms with van der Waals surface area (Å²) < 4.78 is 4.29. The second kappa shape index (κ2) is 5.15. The second-order valence-corrected chi connectivity index (χ2v) is 5.32. The molecule has 108 valence electrons. The molecule has 0 saturated heterocycles. The third-order valence-electron chi connectivity index (χ3n) is 3.95. The number of rotatable bonds is 3. The maximum absolute atomic E-state index is 4.86. The van der Waals surface area contributed by atoms with Crippen molar-refractivity contribution in [1.82, 2.24) is 19.1 Å². The molecule has 0 N–H and O–H groups in total. The molecule has 0 radical (unpaired) electrons. The molecular weight excluding hydrogens is 272 g/mol. The zero-order chi connectivity index (χ0) is 14.9. The minimum Gasteiger partial charge on any atom is -0.327 e. The van der Waals surface area contributed by atoms with Crippen LogP contribution in [0, 0.1) is 0 Å². The number of imidazole rings is 2. The molecule has 0 spiro atoms. The van der Waals surface area contributed by atoms with E-state index in [1.54, 1.807) is 6.20 Å². The van der Waals surface area contributed by atoms with Crippen LogP contribution >= 0.6 is 0 Å². The normalized spacial score (nSPS) is 12.6. The van der Waals surface area contributed by atoms with E-state index in [-0.39, 0.29) is 6.04 Å². The van der Waals surface area contributed by atoms with Gasteiger partial charge >= 0.3 is 0 Å². The molecule has 4 heteroatoms. The van der Waals surface area contributed by atoms with Crippen LogP contribution in [-0.4, -0.2) is 19.1 Å². The predicted molar refractivity (Wildman–Crippen MR) is 87.1 cm³/mol. The number of fused-ring (bicyclic) bond motifs is 1. The third-order valence-corrected chi connectivity index (χ3v) is 3.95. The van der Waals surface area contributed by atoms with Crippen LogP contribution in [0.5, 0.6) is 0 Å². The van der Waals surface area contributed by atoms with Crippen LogP contribution in [0.3, 0.4) is 0 Å². The van der Waals surface area contributed by atoms with Gasteiger partial charge in [-0.25, -0.2) is 9.97 Å². The Balaban J connectivity index is 1.98. The maximum atomic E-state index is 4.86. The molecule has 1 unspecified atom stereocenters. The Morgan fingerprint density at radius 3 is 2.50 bits per heavy atom. The van der Waals surface area contributed by atoms with Crippen molar-refractivity contribution in [2.75, 3.05) is 0 Å². The standard InChI is InChI=1S/C18H16N4/c1-14(21-12-11-19-13-21)18-20-16-9-5-6-10-17(16)22(18)15-7-3-2-4-8-15/h2-14H,1H3. The van der Waals surface area contributed by atoms with Crippen LogP contribution in [0.15, 0.2) is 73.3 Å². The first kappa shape index (κ1) is 12.8. The van der Waals surface area contributed by atoms with E-state index >= 15 is 0 Å². The predicted octanol–water partition coefficient (Wildman–Crippen LogP) is 3.83. The lowest BCUT2D eigenvalue weighted by molar-refractivity contribution is 0.593. The van der Waals surface area contributed by atoms with Crippen LogP contribution in [0.25, 0.3) is 16.7 Å². The van der Waals surface area contributed by atoms with Crippen LogP contribution in [0.1, 0.15) is 18.8 Å². The summed E-state index contributed by atoms with van der Waals surface area (Å²) in [5, 5.41) is 0. The quantitative estimate of drug-likeness (QED) is 0.574. The molecule has 0 fully saturated rings. The van der Waals surface area contributed by atoms with E-state index in [1.165, 1.54) is 0 Å². The van der Waals surface area contributed by atoms with Gasteiger partial charge in [0.15, 0.2) is 0 Å². The van der Waals surface area contributed by atoms with E-state index in [1.807, 2.05) is 24.7 Å². The van der Waals surface area contributed by atoms with Crippen molar-refractivity contribution in [2.45, 2.75) is 13.0 Å². The van der Waals surface area contributed by atoms with E-state index in [2.05, 4.69) is 63.5 Å². The number of hydrogen-bond acceptors (Lipinski definition) is 2. The van der Waals surface area contributed by atoms with Gasteiger partial charge in [-0.15, -0.1) is 0 Å². The monoisotopic (exact) mass is 288 g/mol. The van der Waals surface area contributed by atoms with Crippen molar-refractivity contribution < 1.29 is 0 Å². The van der Waals surface area contributed by atoms with Gasteiger partial charge in [-0.2, -0.15) is 0 Å². The summed E-state index contributed by atoms with van der Waals surface area (Å²) in [6, 6.07) is 18.7. The highest BCUT2D eigenvalue weighted by Crippen LogP contribution is 2.26. The highest BCUT2D eigenvalue weighted by atomic mass is 15.2. The average Bonchev–Trinajstić information content (AvgIpc) is 3.22. The fourth-order valence-electron chi connectivity index (χ4n) is 2.81. The molecule has 0 bridgehead atoms. The number of aromatic nitrogens is 4. The molecule has 1 atom stereocenters. The largest absolute Gasteiger partial charge is 0.327 e. The molecule has 0 aliphatic rings. The van der Waals surface area contributed by atoms with E-state index in [0.29, 0.717) is 0 Å². The Morgan fingerprint density at radius 1 is 0.955 bits per heavy atom. The molecule has 2 heterocycles. The summed E-state index contributed by atoms with van der Waals surface area (Å²) in [5.41, 5.74) is 3.25. The number of hydrogen-bond donors (Lipinski definition) is 0. The minimum atomic E-state index is 0.107. The smallest absolute Gasteiger partial charge is 0.137 e. The van der Waals surface area contributed by atoms with Crippen molar-refractivity contribution in [3.05, 3.63) is 79.1 Å². The molecule has 0 saturated carbocycles. The highest BCUT2D eigenvalue weighted by Gasteiger charge is 2.18. The van der Waals surface area contributed by atoms with Crippen molar-refractivity contribution in [3.8, 4) is 5.69 Å². The fraction of sp³-hybridized carbons (Fsp3) is 0.111. The molecular formula is C18H16N4. The summed E-state index contributed by atoms with van der Waals surface area (Å²) in [4.78, 5) is 9.01. The first-order valence-corrected chi connectivity index (χ1v) is 7.35. The zero-order valence-electron chi connectivity index (χ0n) is 12.3. The third kappa shape index (κ3) is 2.00. The van der Waals surface area contributed by atoms with Gasteiger partial charge in [-0.05, 0) is 31.2 Å². The van der Waals surface area contributed by atoms with Gasteiger partial charge in [0.05, 0.1) is 23.4 Å². The van der Waals surface area contributed by atoms with E-state index < -0.39 is 0 Å². The Labute approximate surface area is 128 Å². The Bertz CT molecular complexity index is 891. The lowest BCUT2D eigenvalue weighted by atomic mass is 10.2. The topological polar surface area (TPSA) is 35.6 Å². The van der Waals surface area contributed by atoms with Crippen LogP contribution in [0.2, 0.25) is 0 Å². The Kier molecular flexibility index (Phi) is 3.00. The van der Waals surface area contributed by atoms with Gasteiger partial charge in [0.25, 0.3) is 0 Å². The lowest BCUT2D eigenvalue weighted by Gasteiger charge is -2.16. The maximum Gasteiger partial charge on any atom is 0.137 e. The molecule has 4 aromatic rings. The van der Waals surface area contributed by atoms with E-state index in [9.17, 15) is 0 Å².